The average Bonchev–Trinajstić information content (AvgIpc) is 4.16. The zero-order valence-electron chi connectivity index (χ0n) is 43.3. The molecule has 1 aliphatic carbocycles. The molecular weight excluding hydrogens is 978 g/mol. The number of fused-ring (bicyclic) bond motifs is 5. The smallest absolute Gasteiger partial charge is 0.407 e. The molecule has 6 aromatic rings. The highest BCUT2D eigenvalue weighted by molar-refractivity contribution is 7.12. The van der Waals surface area contributed by atoms with Crippen LogP contribution in [0.25, 0.3) is 44.7 Å². The summed E-state index contributed by atoms with van der Waals surface area (Å²) in [6.07, 6.45) is 9.87. The summed E-state index contributed by atoms with van der Waals surface area (Å²) in [5.74, 6) is 1.11. The molecule has 17 nitrogen and oxygen atoms in total. The van der Waals surface area contributed by atoms with Crippen LogP contribution in [0, 0.1) is 17.7 Å². The molecule has 0 bridgehead atoms. The molecule has 0 spiro atoms. The number of rotatable bonds is 14. The van der Waals surface area contributed by atoms with Gasteiger partial charge in [0.05, 0.1) is 83.9 Å². The van der Waals surface area contributed by atoms with Crippen LogP contribution in [0.1, 0.15) is 138 Å². The van der Waals surface area contributed by atoms with E-state index >= 15 is 4.39 Å². The van der Waals surface area contributed by atoms with Crippen LogP contribution in [0.3, 0.4) is 0 Å². The summed E-state index contributed by atoms with van der Waals surface area (Å²) in [4.78, 5) is 75.9. The molecule has 8 heterocycles. The summed E-state index contributed by atoms with van der Waals surface area (Å²) in [6, 6.07) is 13.7. The number of imidazole rings is 2. The SMILES string of the molecule is CCC1CC(C(NC(=O)OC)C(=O)N2CCC[C@H]2c2ncc(-c3ccc4c(c3)cc3n4C(c4ccc(C5CC5)s4)Oc4cc(-c5cnc([C@@H]6CCCN6C(=O)[C@@H](NC(=O)OC)C(C)C)[nH]5)cc(F)c4-3)[nH]2)CC(CC)O1. The van der Waals surface area contributed by atoms with Gasteiger partial charge in [0.15, 0.2) is 0 Å². The van der Waals surface area contributed by atoms with Crippen molar-refractivity contribution < 1.29 is 42.5 Å². The normalized spacial score (nSPS) is 23.1. The maximum Gasteiger partial charge on any atom is 0.407 e. The summed E-state index contributed by atoms with van der Waals surface area (Å²) in [6.45, 7) is 8.97. The molecule has 4 unspecified atom stereocenters. The predicted molar refractivity (Wildman–Crippen MR) is 280 cm³/mol. The zero-order valence-corrected chi connectivity index (χ0v) is 44.1. The average molecular weight is 1040 g/mol. The largest absolute Gasteiger partial charge is 0.464 e. The number of ether oxygens (including phenoxy) is 4. The molecule has 7 atom stereocenters. The first-order valence-electron chi connectivity index (χ1n) is 26.7. The van der Waals surface area contributed by atoms with Crippen molar-refractivity contribution in [3.8, 4) is 39.5 Å². The number of nitrogens with zero attached hydrogens (tertiary/aromatic N) is 5. The third-order valence-corrected chi connectivity index (χ3v) is 17.3. The van der Waals surface area contributed by atoms with Crippen LogP contribution < -0.4 is 15.4 Å². The first-order chi connectivity index (χ1) is 36.3. The Morgan fingerprint density at radius 3 is 2.04 bits per heavy atom. The van der Waals surface area contributed by atoms with E-state index in [0.717, 1.165) is 72.0 Å². The fourth-order valence-electron chi connectivity index (χ4n) is 11.9. The van der Waals surface area contributed by atoms with E-state index in [9.17, 15) is 19.2 Å². The molecule has 11 rings (SSSR count). The molecule has 396 valence electrons. The van der Waals surface area contributed by atoms with E-state index in [4.69, 9.17) is 28.9 Å². The highest BCUT2D eigenvalue weighted by atomic mass is 32.1. The minimum Gasteiger partial charge on any atom is -0.464 e. The first-order valence-corrected chi connectivity index (χ1v) is 27.5. The number of benzene rings is 2. The lowest BCUT2D eigenvalue weighted by molar-refractivity contribution is -0.139. The zero-order chi connectivity index (χ0) is 52.2. The second kappa shape index (κ2) is 20.8. The molecule has 19 heteroatoms. The Bertz CT molecular complexity index is 3110. The summed E-state index contributed by atoms with van der Waals surface area (Å²) in [7, 11) is 2.59. The Balaban J connectivity index is 0.888. The molecule has 2 aromatic carbocycles. The fourth-order valence-corrected chi connectivity index (χ4v) is 13.1. The number of hydrogen-bond donors (Lipinski definition) is 4. The standard InChI is InChI=1S/C56H66FN9O8S/c1-7-35-22-34(23-36(8-2)73-35)49(63-56(70)72-6)53(68)65-20-10-12-42(65)50-58-27-38(60-50)31-15-16-40-33(21-31)25-43-47-37(57)24-32(26-44(47)74-54(66(40)43)46-18-17-45(75-46)30-13-14-30)39-28-59-51(61-39)41-11-9-19-64(41)52(67)48(29(3)4)62-55(69)71-5/h15-18,21,24-30,34-36,41-42,48-49,54H,7-14,19-20,22-23H2,1-6H3,(H,58,60)(H,59,61)(H,62,69)(H,63,70)/t34?,35?,36?,41-,42-,48-,49?,54?/m0/s1. The molecule has 75 heavy (non-hydrogen) atoms. The minimum atomic E-state index is -0.771. The highest BCUT2D eigenvalue weighted by Crippen LogP contribution is 2.50. The molecule has 1 saturated carbocycles. The number of methoxy groups -OCH3 is 2. The number of amides is 4. The van der Waals surface area contributed by atoms with Crippen LogP contribution in [0.5, 0.6) is 5.75 Å². The van der Waals surface area contributed by atoms with Crippen LogP contribution in [0.15, 0.2) is 60.9 Å². The quantitative estimate of drug-likeness (QED) is 0.0814. The van der Waals surface area contributed by atoms with Crippen molar-refractivity contribution in [2.24, 2.45) is 11.8 Å². The van der Waals surface area contributed by atoms with E-state index in [2.05, 4.69) is 57.2 Å². The van der Waals surface area contributed by atoms with Crippen molar-refractivity contribution in [3.63, 3.8) is 0 Å². The van der Waals surface area contributed by atoms with Crippen LogP contribution in [-0.4, -0.2) is 110 Å². The Morgan fingerprint density at radius 2 is 1.41 bits per heavy atom. The van der Waals surface area contributed by atoms with E-state index in [-0.39, 0.29) is 47.9 Å². The van der Waals surface area contributed by atoms with E-state index in [0.29, 0.717) is 78.2 Å². The highest BCUT2D eigenvalue weighted by Gasteiger charge is 2.44. The van der Waals surface area contributed by atoms with Gasteiger partial charge in [-0.3, -0.25) is 14.2 Å². The Labute approximate surface area is 439 Å². The first kappa shape index (κ1) is 50.4. The number of carbonyl (C=O) groups is 4. The van der Waals surface area contributed by atoms with Gasteiger partial charge in [-0.1, -0.05) is 33.8 Å². The molecule has 4 fully saturated rings. The summed E-state index contributed by atoms with van der Waals surface area (Å²) < 4.78 is 42.2. The Morgan fingerprint density at radius 1 is 0.787 bits per heavy atom. The fraction of sp³-hybridized carbons (Fsp3) is 0.500. The van der Waals surface area contributed by atoms with E-state index in [1.807, 2.05) is 43.0 Å². The number of halogens is 1. The van der Waals surface area contributed by atoms with Crippen LogP contribution >= 0.6 is 11.3 Å². The lowest BCUT2D eigenvalue weighted by atomic mass is 9.83. The molecule has 0 radical (unpaired) electrons. The number of aromatic amines is 2. The van der Waals surface area contributed by atoms with Crippen LogP contribution in [0.4, 0.5) is 14.0 Å². The lowest BCUT2D eigenvalue weighted by Gasteiger charge is -2.39. The molecular formula is C56H66FN9O8S. The minimum absolute atomic E-state index is 0.00622. The van der Waals surface area contributed by atoms with Gasteiger partial charge in [-0.05, 0) is 124 Å². The van der Waals surface area contributed by atoms with Crippen molar-refractivity contribution in [2.75, 3.05) is 27.3 Å². The second-order valence-electron chi connectivity index (χ2n) is 21.1. The number of hydrogen-bond acceptors (Lipinski definition) is 11. The van der Waals surface area contributed by atoms with Gasteiger partial charge in [-0.25, -0.2) is 23.9 Å². The van der Waals surface area contributed by atoms with Gasteiger partial charge in [0.25, 0.3) is 0 Å². The number of H-pyrrole nitrogens is 2. The molecule has 4 aromatic heterocycles. The number of carbonyl (C=O) groups excluding carboxylic acids is 4. The van der Waals surface area contributed by atoms with Crippen molar-refractivity contribution in [3.05, 3.63) is 88.1 Å². The molecule has 4 amide bonds. The molecule has 3 saturated heterocycles. The molecule has 4 N–H and O–H groups in total. The van der Waals surface area contributed by atoms with Gasteiger partial charge in [0.2, 0.25) is 18.0 Å². The van der Waals surface area contributed by atoms with Crippen LogP contribution in [0.2, 0.25) is 0 Å². The number of nitrogens with one attached hydrogen (secondary N) is 4. The van der Waals surface area contributed by atoms with Gasteiger partial charge in [0.1, 0.15) is 35.3 Å². The van der Waals surface area contributed by atoms with Crippen LogP contribution in [-0.2, 0) is 23.8 Å². The number of thiophene rings is 1. The third-order valence-electron chi connectivity index (χ3n) is 16.0. The maximum absolute atomic E-state index is 17.0. The Hall–Kier alpha value is -6.73. The van der Waals surface area contributed by atoms with Gasteiger partial charge < -0.3 is 49.3 Å². The van der Waals surface area contributed by atoms with E-state index < -0.39 is 36.3 Å². The van der Waals surface area contributed by atoms with Crippen molar-refractivity contribution in [2.45, 2.75) is 140 Å². The van der Waals surface area contributed by atoms with Crippen molar-refractivity contribution >= 4 is 46.2 Å². The molecule has 4 aliphatic heterocycles. The predicted octanol–water partition coefficient (Wildman–Crippen LogP) is 10.5. The monoisotopic (exact) mass is 1040 g/mol. The van der Waals surface area contributed by atoms with E-state index in [1.165, 1.54) is 25.2 Å². The maximum atomic E-state index is 17.0. The number of alkyl carbamates (subject to hydrolysis) is 2. The third kappa shape index (κ3) is 9.66. The second-order valence-corrected chi connectivity index (χ2v) is 22.3. The number of likely N-dealkylation sites (tertiary alicyclic amines) is 2. The van der Waals surface area contributed by atoms with Gasteiger partial charge in [-0.15, -0.1) is 11.3 Å². The van der Waals surface area contributed by atoms with E-state index in [1.54, 1.807) is 28.6 Å². The lowest BCUT2D eigenvalue weighted by Crippen LogP contribution is -2.54. The number of aromatic nitrogens is 5. The molecule has 5 aliphatic rings. The van der Waals surface area contributed by atoms with Gasteiger partial charge in [-0.2, -0.15) is 0 Å². The van der Waals surface area contributed by atoms with Crippen molar-refractivity contribution in [1.82, 2.24) is 44.9 Å². The Kier molecular flexibility index (Phi) is 14.0. The topological polar surface area (TPSA) is 198 Å². The van der Waals surface area contributed by atoms with Gasteiger partial charge in [0, 0.05) is 34.5 Å². The summed E-state index contributed by atoms with van der Waals surface area (Å²) >= 11 is 1.73. The van der Waals surface area contributed by atoms with Crippen molar-refractivity contribution in [1.29, 1.82) is 0 Å². The summed E-state index contributed by atoms with van der Waals surface area (Å²) in [5.41, 5.74) is 4.70. The van der Waals surface area contributed by atoms with Gasteiger partial charge >= 0.3 is 12.2 Å². The summed E-state index contributed by atoms with van der Waals surface area (Å²) in [5, 5.41) is 6.50.